The second-order valence-corrected chi connectivity index (χ2v) is 6.93. The summed E-state index contributed by atoms with van der Waals surface area (Å²) in [6.45, 7) is 1.91. The molecule has 4 rings (SSSR count). The lowest BCUT2D eigenvalue weighted by molar-refractivity contribution is 0.0735. The smallest absolute Gasteiger partial charge is 0.343 e. The molecular formula is C23H18N4O2S. The highest BCUT2D eigenvalue weighted by Crippen LogP contribution is 2.18. The zero-order valence-electron chi connectivity index (χ0n) is 16.1. The summed E-state index contributed by atoms with van der Waals surface area (Å²) < 4.78 is 7.33. The van der Waals surface area contributed by atoms with Gasteiger partial charge in [0.15, 0.2) is 0 Å². The number of nitrogens with zero attached hydrogens (tertiary/aromatic N) is 3. The molecule has 0 aliphatic carbocycles. The van der Waals surface area contributed by atoms with Gasteiger partial charge < -0.3 is 14.6 Å². The van der Waals surface area contributed by atoms with Crippen LogP contribution in [-0.4, -0.2) is 25.5 Å². The molecular weight excluding hydrogens is 396 g/mol. The quantitative estimate of drug-likeness (QED) is 0.293. The summed E-state index contributed by atoms with van der Waals surface area (Å²) in [4.78, 5) is 21.3. The average molecular weight is 414 g/mol. The van der Waals surface area contributed by atoms with Crippen molar-refractivity contribution in [2.24, 2.45) is 0 Å². The van der Waals surface area contributed by atoms with Crippen LogP contribution in [0.1, 0.15) is 21.6 Å². The van der Waals surface area contributed by atoms with E-state index in [2.05, 4.69) is 15.3 Å². The van der Waals surface area contributed by atoms with Gasteiger partial charge in [-0.05, 0) is 67.6 Å². The van der Waals surface area contributed by atoms with Crippen LogP contribution in [0.5, 0.6) is 5.75 Å². The van der Waals surface area contributed by atoms with Crippen molar-refractivity contribution >= 4 is 28.9 Å². The zero-order valence-corrected chi connectivity index (χ0v) is 17.0. The van der Waals surface area contributed by atoms with Crippen molar-refractivity contribution < 1.29 is 9.53 Å². The highest BCUT2D eigenvalue weighted by Gasteiger charge is 2.10. The second-order valence-electron chi connectivity index (χ2n) is 6.52. The van der Waals surface area contributed by atoms with E-state index in [9.17, 15) is 4.79 Å². The summed E-state index contributed by atoms with van der Waals surface area (Å²) in [5.41, 5.74) is 3.89. The summed E-state index contributed by atoms with van der Waals surface area (Å²) in [5.74, 6) is 0.0434. The predicted molar refractivity (Wildman–Crippen MR) is 119 cm³/mol. The summed E-state index contributed by atoms with van der Waals surface area (Å²) in [6.07, 6.45) is 6.99. The van der Waals surface area contributed by atoms with Gasteiger partial charge in [0.25, 0.3) is 0 Å². The molecule has 30 heavy (non-hydrogen) atoms. The number of aryl methyl sites for hydroxylation is 1. The van der Waals surface area contributed by atoms with Crippen molar-refractivity contribution in [1.82, 2.24) is 14.5 Å². The molecule has 0 aliphatic rings. The Bertz CT molecular complexity index is 1170. The number of hydrogen-bond donors (Lipinski definition) is 1. The number of benzene rings is 2. The van der Waals surface area contributed by atoms with E-state index in [0.717, 1.165) is 22.6 Å². The number of esters is 1. The fraction of sp³-hybridized carbons (Fsp3) is 0.0435. The van der Waals surface area contributed by atoms with Gasteiger partial charge in [0.1, 0.15) is 10.7 Å². The van der Waals surface area contributed by atoms with Gasteiger partial charge in [0.05, 0.1) is 11.9 Å². The number of aromatic nitrogens is 3. The van der Waals surface area contributed by atoms with Crippen LogP contribution in [0.15, 0.2) is 85.6 Å². The minimum absolute atomic E-state index is 0.428. The zero-order chi connectivity index (χ0) is 20.9. The van der Waals surface area contributed by atoms with Crippen molar-refractivity contribution in [3.8, 4) is 11.4 Å². The van der Waals surface area contributed by atoms with Crippen LogP contribution in [0.4, 0.5) is 5.69 Å². The molecule has 0 radical (unpaired) electrons. The number of ether oxygens (including phenoxy) is 1. The monoisotopic (exact) mass is 414 g/mol. The SMILES string of the molecule is Cc1ncccc1C(=S)Nc1ccc(C(=O)Oc2ccc(-n3ccnc3)cc2)cc1. The normalized spacial score (nSPS) is 10.4. The van der Waals surface area contributed by atoms with Gasteiger partial charge in [-0.25, -0.2) is 9.78 Å². The highest BCUT2D eigenvalue weighted by molar-refractivity contribution is 7.81. The molecule has 0 spiro atoms. The van der Waals surface area contributed by atoms with Crippen molar-refractivity contribution in [3.05, 3.63) is 102 Å². The van der Waals surface area contributed by atoms with E-state index in [1.54, 1.807) is 55.1 Å². The van der Waals surface area contributed by atoms with E-state index in [-0.39, 0.29) is 0 Å². The summed E-state index contributed by atoms with van der Waals surface area (Å²) >= 11 is 5.45. The molecule has 2 aromatic carbocycles. The van der Waals surface area contributed by atoms with Crippen LogP contribution >= 0.6 is 12.2 Å². The summed E-state index contributed by atoms with van der Waals surface area (Å²) in [5, 5.41) is 3.17. The first-order chi connectivity index (χ1) is 14.6. The lowest BCUT2D eigenvalue weighted by atomic mass is 10.2. The number of rotatable bonds is 5. The molecule has 0 saturated heterocycles. The Morgan fingerprint density at radius 2 is 1.80 bits per heavy atom. The van der Waals surface area contributed by atoms with E-state index in [0.29, 0.717) is 16.3 Å². The third kappa shape index (κ3) is 4.42. The van der Waals surface area contributed by atoms with Crippen LogP contribution < -0.4 is 10.1 Å². The van der Waals surface area contributed by atoms with Crippen LogP contribution in [0, 0.1) is 6.92 Å². The molecule has 1 N–H and O–H groups in total. The third-order valence-electron chi connectivity index (χ3n) is 4.48. The van der Waals surface area contributed by atoms with Crippen LogP contribution in [0.2, 0.25) is 0 Å². The number of nitrogens with one attached hydrogen (secondary N) is 1. The largest absolute Gasteiger partial charge is 0.423 e. The Labute approximate surface area is 179 Å². The Morgan fingerprint density at radius 1 is 1.03 bits per heavy atom. The maximum atomic E-state index is 12.4. The van der Waals surface area contributed by atoms with Crippen molar-refractivity contribution in [1.29, 1.82) is 0 Å². The third-order valence-corrected chi connectivity index (χ3v) is 4.80. The predicted octanol–water partition coefficient (Wildman–Crippen LogP) is 4.58. The molecule has 0 aliphatic heterocycles. The molecule has 6 nitrogen and oxygen atoms in total. The minimum atomic E-state index is -0.428. The van der Waals surface area contributed by atoms with Gasteiger partial charge in [0, 0.05) is 41.2 Å². The number of carbonyl (C=O) groups is 1. The Hall–Kier alpha value is -3.84. The molecule has 0 amide bonds. The molecule has 0 bridgehead atoms. The number of thiocarbonyl (C=S) groups is 1. The van der Waals surface area contributed by atoms with Crippen LogP contribution in [0.25, 0.3) is 5.69 Å². The fourth-order valence-electron chi connectivity index (χ4n) is 2.88. The first-order valence-electron chi connectivity index (χ1n) is 9.24. The van der Waals surface area contributed by atoms with Crippen molar-refractivity contribution in [3.63, 3.8) is 0 Å². The molecule has 0 unspecified atom stereocenters. The lowest BCUT2D eigenvalue weighted by Gasteiger charge is -2.10. The van der Waals surface area contributed by atoms with Gasteiger partial charge in [-0.2, -0.15) is 0 Å². The number of hydrogen-bond acceptors (Lipinski definition) is 5. The maximum absolute atomic E-state index is 12.4. The second kappa shape index (κ2) is 8.67. The van der Waals surface area contributed by atoms with Crippen molar-refractivity contribution in [2.75, 3.05) is 5.32 Å². The lowest BCUT2D eigenvalue weighted by Crippen LogP contribution is -2.13. The molecule has 7 heteroatoms. The van der Waals surface area contributed by atoms with Crippen LogP contribution in [-0.2, 0) is 0 Å². The number of anilines is 1. The van der Waals surface area contributed by atoms with E-state index in [4.69, 9.17) is 17.0 Å². The Balaban J connectivity index is 1.39. The molecule has 0 saturated carbocycles. The van der Waals surface area contributed by atoms with E-state index < -0.39 is 5.97 Å². The molecule has 0 fully saturated rings. The molecule has 4 aromatic rings. The average Bonchev–Trinajstić information content (AvgIpc) is 3.30. The number of carbonyl (C=O) groups excluding carboxylic acids is 1. The fourth-order valence-corrected chi connectivity index (χ4v) is 3.21. The number of imidazole rings is 1. The van der Waals surface area contributed by atoms with Crippen LogP contribution in [0.3, 0.4) is 0 Å². The highest BCUT2D eigenvalue weighted by atomic mass is 32.1. The standard InChI is InChI=1S/C23H18N4O2S/c1-16-21(3-2-12-25-16)22(30)26-18-6-4-17(5-7-18)23(28)29-20-10-8-19(9-11-20)27-14-13-24-15-27/h2-15H,1H3,(H,26,30). The summed E-state index contributed by atoms with van der Waals surface area (Å²) in [6, 6.07) is 18.0. The number of pyridine rings is 1. The van der Waals surface area contributed by atoms with E-state index in [1.807, 2.05) is 42.0 Å². The summed E-state index contributed by atoms with van der Waals surface area (Å²) in [7, 11) is 0. The molecule has 2 heterocycles. The van der Waals surface area contributed by atoms with E-state index in [1.165, 1.54) is 0 Å². The Kier molecular flexibility index (Phi) is 5.63. The molecule has 2 aromatic heterocycles. The maximum Gasteiger partial charge on any atom is 0.343 e. The molecule has 148 valence electrons. The molecule has 0 atom stereocenters. The van der Waals surface area contributed by atoms with Gasteiger partial charge in [-0.15, -0.1) is 0 Å². The van der Waals surface area contributed by atoms with E-state index >= 15 is 0 Å². The van der Waals surface area contributed by atoms with Gasteiger partial charge >= 0.3 is 5.97 Å². The van der Waals surface area contributed by atoms with Crippen molar-refractivity contribution in [2.45, 2.75) is 6.92 Å². The van der Waals surface area contributed by atoms with Gasteiger partial charge in [-0.3, -0.25) is 4.98 Å². The Morgan fingerprint density at radius 3 is 2.47 bits per heavy atom. The minimum Gasteiger partial charge on any atom is -0.423 e. The van der Waals surface area contributed by atoms with Gasteiger partial charge in [-0.1, -0.05) is 12.2 Å². The first kappa shape index (κ1) is 19.5. The first-order valence-corrected chi connectivity index (χ1v) is 9.64. The topological polar surface area (TPSA) is 69.0 Å². The van der Waals surface area contributed by atoms with Gasteiger partial charge in [0.2, 0.25) is 0 Å².